The van der Waals surface area contributed by atoms with Crippen molar-refractivity contribution >= 4 is 22.7 Å². The third-order valence-corrected chi connectivity index (χ3v) is 2.32. The van der Waals surface area contributed by atoms with Crippen molar-refractivity contribution in [2.75, 3.05) is 36.1 Å². The average molecular weight is 276 g/mol. The van der Waals surface area contributed by atoms with Crippen molar-refractivity contribution in [3.05, 3.63) is 42.5 Å². The summed E-state index contributed by atoms with van der Waals surface area (Å²) in [5.41, 5.74) is 24.4. The van der Waals surface area contributed by atoms with Crippen LogP contribution in [0.4, 0.5) is 22.7 Å². The fourth-order valence-electron chi connectivity index (χ4n) is 1.35. The molecule has 0 aliphatic heterocycles. The van der Waals surface area contributed by atoms with Gasteiger partial charge in [0.2, 0.25) is 0 Å². The van der Waals surface area contributed by atoms with Gasteiger partial charge in [-0.2, -0.15) is 0 Å². The van der Waals surface area contributed by atoms with Gasteiger partial charge in [-0.25, -0.2) is 0 Å². The lowest BCUT2D eigenvalue weighted by atomic mass is 10.2. The summed E-state index contributed by atoms with van der Waals surface area (Å²) in [5, 5.41) is 8.48. The summed E-state index contributed by atoms with van der Waals surface area (Å²) in [4.78, 5) is 0. The van der Waals surface area contributed by atoms with E-state index in [-0.39, 0.29) is 13.2 Å². The molecule has 0 amide bonds. The molecule has 2 rings (SSSR count). The maximum Gasteiger partial charge on any atom is 0.142 e. The Morgan fingerprint density at radius 3 is 1.75 bits per heavy atom. The maximum atomic E-state index is 8.48. The Balaban J connectivity index is 0.000000217. The van der Waals surface area contributed by atoms with Crippen LogP contribution in [0.3, 0.4) is 0 Å². The van der Waals surface area contributed by atoms with Gasteiger partial charge < -0.3 is 32.8 Å². The van der Waals surface area contributed by atoms with E-state index < -0.39 is 0 Å². The Labute approximate surface area is 117 Å². The summed E-state index contributed by atoms with van der Waals surface area (Å²) >= 11 is 0. The van der Waals surface area contributed by atoms with Crippen molar-refractivity contribution in [3.8, 4) is 5.75 Å². The highest BCUT2D eigenvalue weighted by Crippen LogP contribution is 2.23. The highest BCUT2D eigenvalue weighted by atomic mass is 16.5. The zero-order valence-electron chi connectivity index (χ0n) is 11.1. The number of hydrogen-bond acceptors (Lipinski definition) is 6. The van der Waals surface area contributed by atoms with Gasteiger partial charge in [-0.15, -0.1) is 0 Å². The molecule has 108 valence electrons. The van der Waals surface area contributed by atoms with Gasteiger partial charge in [0, 0.05) is 17.1 Å². The van der Waals surface area contributed by atoms with Gasteiger partial charge in [0.15, 0.2) is 0 Å². The molecule has 9 N–H and O–H groups in total. The average Bonchev–Trinajstić information content (AvgIpc) is 2.42. The molecular formula is C14H20N4O2. The fraction of sp³-hybridized carbons (Fsp3) is 0.143. The fourth-order valence-corrected chi connectivity index (χ4v) is 1.35. The number of hydrogen-bond donors (Lipinski definition) is 5. The van der Waals surface area contributed by atoms with Crippen LogP contribution in [0.5, 0.6) is 5.75 Å². The zero-order chi connectivity index (χ0) is 15.0. The SMILES string of the molecule is Nc1ccc(N)cc1.Nc1ccc(OCCO)c(N)c1. The number of nitrogen functional groups attached to an aromatic ring is 4. The third-order valence-electron chi connectivity index (χ3n) is 2.32. The van der Waals surface area contributed by atoms with Crippen LogP contribution in [0.15, 0.2) is 42.5 Å². The number of benzene rings is 2. The lowest BCUT2D eigenvalue weighted by Gasteiger charge is -2.07. The van der Waals surface area contributed by atoms with Gasteiger partial charge >= 0.3 is 0 Å². The Bertz CT molecular complexity index is 508. The van der Waals surface area contributed by atoms with Crippen LogP contribution in [-0.4, -0.2) is 18.3 Å². The number of aliphatic hydroxyl groups excluding tert-OH is 1. The number of rotatable bonds is 3. The lowest BCUT2D eigenvalue weighted by Crippen LogP contribution is -2.04. The summed E-state index contributed by atoms with van der Waals surface area (Å²) < 4.78 is 5.11. The van der Waals surface area contributed by atoms with Gasteiger partial charge in [0.1, 0.15) is 12.4 Å². The van der Waals surface area contributed by atoms with E-state index in [1.54, 1.807) is 42.5 Å². The highest BCUT2D eigenvalue weighted by molar-refractivity contribution is 5.60. The quantitative estimate of drug-likeness (QED) is 0.532. The first kappa shape index (κ1) is 15.5. The highest BCUT2D eigenvalue weighted by Gasteiger charge is 1.98. The van der Waals surface area contributed by atoms with Crippen molar-refractivity contribution in [2.45, 2.75) is 0 Å². The predicted molar refractivity (Wildman–Crippen MR) is 83.1 cm³/mol. The molecule has 6 nitrogen and oxygen atoms in total. The minimum Gasteiger partial charge on any atom is -0.489 e. The van der Waals surface area contributed by atoms with Gasteiger partial charge in [-0.1, -0.05) is 0 Å². The second kappa shape index (κ2) is 7.75. The van der Waals surface area contributed by atoms with E-state index in [1.165, 1.54) is 0 Å². The molecule has 0 saturated heterocycles. The first-order chi connectivity index (χ1) is 9.52. The van der Waals surface area contributed by atoms with Crippen LogP contribution in [0.2, 0.25) is 0 Å². The second-order valence-corrected chi connectivity index (χ2v) is 4.04. The molecular weight excluding hydrogens is 256 g/mol. The first-order valence-corrected chi connectivity index (χ1v) is 6.02. The van der Waals surface area contributed by atoms with E-state index >= 15 is 0 Å². The molecule has 6 heteroatoms. The molecule has 0 unspecified atom stereocenters. The molecule has 0 aliphatic rings. The van der Waals surface area contributed by atoms with Crippen LogP contribution in [0.1, 0.15) is 0 Å². The van der Waals surface area contributed by atoms with Crippen LogP contribution in [0, 0.1) is 0 Å². The number of aliphatic hydroxyl groups is 1. The number of nitrogens with two attached hydrogens (primary N) is 4. The first-order valence-electron chi connectivity index (χ1n) is 6.02. The smallest absolute Gasteiger partial charge is 0.142 e. The monoisotopic (exact) mass is 276 g/mol. The Morgan fingerprint density at radius 2 is 1.30 bits per heavy atom. The summed E-state index contributed by atoms with van der Waals surface area (Å²) in [6.07, 6.45) is 0. The number of ether oxygens (including phenoxy) is 1. The van der Waals surface area contributed by atoms with Crippen molar-refractivity contribution < 1.29 is 9.84 Å². The van der Waals surface area contributed by atoms with E-state index in [0.29, 0.717) is 17.1 Å². The van der Waals surface area contributed by atoms with Gasteiger partial charge in [0.25, 0.3) is 0 Å². The molecule has 0 bridgehead atoms. The summed E-state index contributed by atoms with van der Waals surface area (Å²) in [6.45, 7) is 0.220. The molecule has 0 aromatic heterocycles. The Hall–Kier alpha value is -2.60. The van der Waals surface area contributed by atoms with Crippen molar-refractivity contribution in [3.63, 3.8) is 0 Å². The van der Waals surface area contributed by atoms with E-state index in [2.05, 4.69) is 0 Å². The molecule has 0 heterocycles. The predicted octanol–water partition coefficient (Wildman–Crippen LogP) is 1.07. The zero-order valence-corrected chi connectivity index (χ0v) is 11.1. The molecule has 0 radical (unpaired) electrons. The van der Waals surface area contributed by atoms with Crippen molar-refractivity contribution in [1.29, 1.82) is 0 Å². The minimum absolute atomic E-state index is 0.0240. The molecule has 2 aromatic rings. The normalized spacial score (nSPS) is 9.45. The number of anilines is 4. The van der Waals surface area contributed by atoms with Crippen LogP contribution < -0.4 is 27.7 Å². The summed E-state index contributed by atoms with van der Waals surface area (Å²) in [7, 11) is 0. The molecule has 0 spiro atoms. The Morgan fingerprint density at radius 1 is 0.800 bits per heavy atom. The molecule has 0 atom stereocenters. The van der Waals surface area contributed by atoms with Gasteiger partial charge in [0.05, 0.1) is 12.3 Å². The maximum absolute atomic E-state index is 8.48. The summed E-state index contributed by atoms with van der Waals surface area (Å²) in [5.74, 6) is 0.554. The Kier molecular flexibility index (Phi) is 5.99. The van der Waals surface area contributed by atoms with E-state index in [9.17, 15) is 0 Å². The van der Waals surface area contributed by atoms with E-state index in [1.807, 2.05) is 0 Å². The van der Waals surface area contributed by atoms with E-state index in [4.69, 9.17) is 32.8 Å². The molecule has 0 fully saturated rings. The molecule has 0 saturated carbocycles. The van der Waals surface area contributed by atoms with Gasteiger partial charge in [-0.3, -0.25) is 0 Å². The van der Waals surface area contributed by atoms with Crippen LogP contribution >= 0.6 is 0 Å². The third kappa shape index (κ3) is 5.36. The topological polar surface area (TPSA) is 134 Å². The standard InChI is InChI=1S/C8H12N2O2.C6H8N2/c9-6-1-2-8(7(10)5-6)12-4-3-11;7-5-1-2-6(8)4-3-5/h1-2,5,11H,3-4,9-10H2;1-4H,7-8H2. The second-order valence-electron chi connectivity index (χ2n) is 4.04. The summed E-state index contributed by atoms with van der Waals surface area (Å²) in [6, 6.07) is 12.1. The largest absolute Gasteiger partial charge is 0.489 e. The van der Waals surface area contributed by atoms with Crippen LogP contribution in [-0.2, 0) is 0 Å². The van der Waals surface area contributed by atoms with Crippen LogP contribution in [0.25, 0.3) is 0 Å². The minimum atomic E-state index is -0.0240. The van der Waals surface area contributed by atoms with Gasteiger partial charge in [-0.05, 0) is 42.5 Å². The van der Waals surface area contributed by atoms with Crippen molar-refractivity contribution in [1.82, 2.24) is 0 Å². The molecule has 0 aliphatic carbocycles. The molecule has 20 heavy (non-hydrogen) atoms. The molecule has 2 aromatic carbocycles. The van der Waals surface area contributed by atoms with Crippen molar-refractivity contribution in [2.24, 2.45) is 0 Å². The lowest BCUT2D eigenvalue weighted by molar-refractivity contribution is 0.202. The van der Waals surface area contributed by atoms with E-state index in [0.717, 1.165) is 11.4 Å².